The summed E-state index contributed by atoms with van der Waals surface area (Å²) in [5, 5.41) is 15.6. The second kappa shape index (κ2) is 6.21. The summed E-state index contributed by atoms with van der Waals surface area (Å²) in [5.41, 5.74) is 3.74. The van der Waals surface area contributed by atoms with E-state index in [1.807, 2.05) is 12.1 Å². The summed E-state index contributed by atoms with van der Waals surface area (Å²) in [7, 11) is 0. The molecule has 3 aromatic carbocycles. The molecule has 0 bridgehead atoms. The maximum Gasteiger partial charge on any atom is 0.269 e. The Labute approximate surface area is 160 Å². The van der Waals surface area contributed by atoms with Gasteiger partial charge in [0.1, 0.15) is 0 Å². The number of thiophene rings is 1. The monoisotopic (exact) mass is 372 g/mol. The first-order valence-electron chi connectivity index (χ1n) is 8.77. The van der Waals surface area contributed by atoms with Gasteiger partial charge in [-0.05, 0) is 57.6 Å². The molecule has 0 aliphatic carbocycles. The van der Waals surface area contributed by atoms with Crippen LogP contribution < -0.4 is 4.90 Å². The van der Waals surface area contributed by atoms with Gasteiger partial charge >= 0.3 is 0 Å². The molecule has 0 saturated carbocycles. The third-order valence-corrected chi connectivity index (χ3v) is 6.08. The van der Waals surface area contributed by atoms with Crippen LogP contribution in [0.4, 0.5) is 11.4 Å². The van der Waals surface area contributed by atoms with Gasteiger partial charge in [-0.25, -0.2) is 0 Å². The number of hydrogen-bond acceptors (Lipinski definition) is 4. The maximum atomic E-state index is 11.0. The lowest BCUT2D eigenvalue weighted by Crippen LogP contribution is -2.21. The van der Waals surface area contributed by atoms with Crippen molar-refractivity contribution in [1.29, 1.82) is 0 Å². The average molecular weight is 372 g/mol. The largest absolute Gasteiger partial charge is 0.355 e. The molecular weight excluding hydrogens is 356 g/mol. The van der Waals surface area contributed by atoms with Crippen molar-refractivity contribution in [3.8, 4) is 0 Å². The zero-order chi connectivity index (χ0) is 18.4. The lowest BCUT2D eigenvalue weighted by atomic mass is 9.98. The summed E-state index contributed by atoms with van der Waals surface area (Å²) in [5.74, 6) is 0. The van der Waals surface area contributed by atoms with Gasteiger partial charge in [-0.1, -0.05) is 30.3 Å². The number of nitro benzene ring substituents is 1. The number of non-ortho nitro benzene ring substituents is 1. The molecule has 5 heteroatoms. The second-order valence-corrected chi connectivity index (χ2v) is 7.70. The number of hydrogen-bond donors (Lipinski definition) is 0. The van der Waals surface area contributed by atoms with Crippen LogP contribution in [0, 0.1) is 10.1 Å². The molecule has 0 saturated heterocycles. The normalized spacial score (nSPS) is 15.9. The Morgan fingerprint density at radius 1 is 0.963 bits per heavy atom. The van der Waals surface area contributed by atoms with Gasteiger partial charge in [0.05, 0.1) is 11.0 Å². The molecule has 0 fully saturated rings. The summed E-state index contributed by atoms with van der Waals surface area (Å²) in [6.07, 6.45) is 0. The molecule has 0 N–H and O–H groups in total. The quantitative estimate of drug-likeness (QED) is 0.331. The van der Waals surface area contributed by atoms with Crippen LogP contribution in [0.3, 0.4) is 0 Å². The lowest BCUT2D eigenvalue weighted by molar-refractivity contribution is -0.384. The summed E-state index contributed by atoms with van der Waals surface area (Å²) in [6, 6.07) is 24.2. The molecule has 1 atom stereocenters. The zero-order valence-corrected chi connectivity index (χ0v) is 15.2. The number of fused-ring (bicyclic) bond motifs is 2. The van der Waals surface area contributed by atoms with Crippen molar-refractivity contribution in [2.45, 2.75) is 12.6 Å². The van der Waals surface area contributed by atoms with Crippen molar-refractivity contribution in [2.75, 3.05) is 4.90 Å². The molecule has 132 valence electrons. The molecule has 1 aliphatic rings. The Balaban J connectivity index is 1.64. The van der Waals surface area contributed by atoms with E-state index in [-0.39, 0.29) is 16.7 Å². The van der Waals surface area contributed by atoms with Crippen molar-refractivity contribution in [2.24, 2.45) is 0 Å². The molecule has 0 spiro atoms. The number of nitrogens with zero attached hydrogens (tertiary/aromatic N) is 2. The molecule has 27 heavy (non-hydrogen) atoms. The van der Waals surface area contributed by atoms with E-state index in [4.69, 9.17) is 0 Å². The van der Waals surface area contributed by atoms with Gasteiger partial charge in [0.2, 0.25) is 0 Å². The molecule has 4 nitrogen and oxygen atoms in total. The highest BCUT2D eigenvalue weighted by atomic mass is 32.1. The summed E-state index contributed by atoms with van der Waals surface area (Å²) >= 11 is 1.75. The fourth-order valence-corrected chi connectivity index (χ4v) is 4.75. The molecule has 0 amide bonds. The van der Waals surface area contributed by atoms with E-state index >= 15 is 0 Å². The van der Waals surface area contributed by atoms with Gasteiger partial charge in [0, 0.05) is 29.2 Å². The Morgan fingerprint density at radius 2 is 1.70 bits per heavy atom. The summed E-state index contributed by atoms with van der Waals surface area (Å²) < 4.78 is 0. The van der Waals surface area contributed by atoms with Crippen LogP contribution >= 0.6 is 11.3 Å². The van der Waals surface area contributed by atoms with Crippen LogP contribution in [-0.4, -0.2) is 4.92 Å². The van der Waals surface area contributed by atoms with E-state index < -0.39 is 0 Å². The highest BCUT2D eigenvalue weighted by Crippen LogP contribution is 2.44. The molecule has 1 aliphatic heterocycles. The minimum Gasteiger partial charge on any atom is -0.355 e. The Hall–Kier alpha value is -3.18. The van der Waals surface area contributed by atoms with Crippen LogP contribution in [0.1, 0.15) is 22.0 Å². The van der Waals surface area contributed by atoms with E-state index in [9.17, 15) is 10.1 Å². The second-order valence-electron chi connectivity index (χ2n) is 6.72. The van der Waals surface area contributed by atoms with Crippen molar-refractivity contribution >= 4 is 33.5 Å². The van der Waals surface area contributed by atoms with E-state index in [0.717, 1.165) is 12.2 Å². The van der Waals surface area contributed by atoms with Crippen molar-refractivity contribution in [1.82, 2.24) is 0 Å². The highest BCUT2D eigenvalue weighted by Gasteiger charge is 2.32. The number of benzene rings is 3. The fourth-order valence-electron chi connectivity index (χ4n) is 3.90. The van der Waals surface area contributed by atoms with Crippen LogP contribution in [0.15, 0.2) is 78.2 Å². The topological polar surface area (TPSA) is 46.4 Å². The predicted octanol–water partition coefficient (Wildman–Crippen LogP) is 5.92. The summed E-state index contributed by atoms with van der Waals surface area (Å²) in [4.78, 5) is 14.2. The van der Waals surface area contributed by atoms with Crippen molar-refractivity contribution in [3.63, 3.8) is 0 Å². The maximum absolute atomic E-state index is 11.0. The first-order chi connectivity index (χ1) is 13.2. The molecule has 4 aromatic rings. The third kappa shape index (κ3) is 2.67. The van der Waals surface area contributed by atoms with Crippen LogP contribution in [0.5, 0.6) is 0 Å². The van der Waals surface area contributed by atoms with Crippen LogP contribution in [0.25, 0.3) is 10.8 Å². The molecule has 0 radical (unpaired) electrons. The van der Waals surface area contributed by atoms with Gasteiger partial charge in [0.15, 0.2) is 0 Å². The van der Waals surface area contributed by atoms with Gasteiger partial charge in [-0.3, -0.25) is 10.1 Å². The third-order valence-electron chi connectivity index (χ3n) is 5.16. The van der Waals surface area contributed by atoms with Crippen LogP contribution in [-0.2, 0) is 6.54 Å². The average Bonchev–Trinajstić information content (AvgIpc) is 3.33. The molecule has 5 rings (SSSR count). The number of anilines is 1. The van der Waals surface area contributed by atoms with Gasteiger partial charge in [-0.2, -0.15) is 0 Å². The van der Waals surface area contributed by atoms with E-state index in [1.54, 1.807) is 23.5 Å². The SMILES string of the molecule is O=[N+]([O-])c1ccc(N2Cc3cc4ccccc4cc3C2c2cccs2)cc1. The van der Waals surface area contributed by atoms with E-state index in [1.165, 1.54) is 26.8 Å². The highest BCUT2D eigenvalue weighted by molar-refractivity contribution is 7.10. The lowest BCUT2D eigenvalue weighted by Gasteiger charge is -2.26. The van der Waals surface area contributed by atoms with E-state index in [2.05, 4.69) is 58.8 Å². The minimum atomic E-state index is -0.355. The standard InChI is InChI=1S/C22H16N2O2S/c25-24(26)19-9-7-18(8-10-19)23-14-17-12-15-4-1-2-5-16(15)13-20(17)22(23)21-6-3-11-27-21/h1-13,22H,14H2. The Morgan fingerprint density at radius 3 is 2.37 bits per heavy atom. The van der Waals surface area contributed by atoms with Gasteiger partial charge < -0.3 is 4.90 Å². The summed E-state index contributed by atoms with van der Waals surface area (Å²) in [6.45, 7) is 0.792. The van der Waals surface area contributed by atoms with Gasteiger partial charge in [-0.15, -0.1) is 11.3 Å². The van der Waals surface area contributed by atoms with Gasteiger partial charge in [0.25, 0.3) is 5.69 Å². The van der Waals surface area contributed by atoms with Crippen molar-refractivity contribution in [3.05, 3.63) is 104 Å². The number of rotatable bonds is 3. The molecular formula is C22H16N2O2S. The number of nitro groups is 1. The first kappa shape index (κ1) is 16.0. The van der Waals surface area contributed by atoms with Crippen LogP contribution in [0.2, 0.25) is 0 Å². The fraction of sp³-hybridized carbons (Fsp3) is 0.0909. The minimum absolute atomic E-state index is 0.119. The molecule has 1 aromatic heterocycles. The Kier molecular flexibility index (Phi) is 3.69. The Bertz CT molecular complexity index is 1140. The smallest absolute Gasteiger partial charge is 0.269 e. The first-order valence-corrected chi connectivity index (χ1v) is 9.65. The molecule has 1 unspecified atom stereocenters. The molecule has 2 heterocycles. The van der Waals surface area contributed by atoms with Crippen molar-refractivity contribution < 1.29 is 4.92 Å². The predicted molar refractivity (Wildman–Crippen MR) is 109 cm³/mol. The van der Waals surface area contributed by atoms with E-state index in [0.29, 0.717) is 0 Å². The zero-order valence-electron chi connectivity index (χ0n) is 14.4.